The SMILES string of the molecule is O=S(=O)(Cc1cccc(Cl)c1)Nc1ccc2c(c1)CCCN2S(=O)(=O)c1ccccc1. The minimum absolute atomic E-state index is 0.209. The van der Waals surface area contributed by atoms with Crippen molar-refractivity contribution in [3.63, 3.8) is 0 Å². The van der Waals surface area contributed by atoms with Crippen molar-refractivity contribution in [2.24, 2.45) is 0 Å². The van der Waals surface area contributed by atoms with Crippen LogP contribution in [-0.4, -0.2) is 23.4 Å². The molecule has 0 unspecified atom stereocenters. The molecule has 4 rings (SSSR count). The highest BCUT2D eigenvalue weighted by Crippen LogP contribution is 2.34. The molecule has 0 aliphatic carbocycles. The summed E-state index contributed by atoms with van der Waals surface area (Å²) in [5.74, 6) is -0.209. The van der Waals surface area contributed by atoms with Gasteiger partial charge in [-0.2, -0.15) is 0 Å². The average molecular weight is 477 g/mol. The summed E-state index contributed by atoms with van der Waals surface area (Å²) in [6.07, 6.45) is 1.32. The number of halogens is 1. The summed E-state index contributed by atoms with van der Waals surface area (Å²) in [7, 11) is -7.34. The number of benzene rings is 3. The lowest BCUT2D eigenvalue weighted by atomic mass is 10.0. The first-order chi connectivity index (χ1) is 14.7. The van der Waals surface area contributed by atoms with Crippen LogP contribution in [0.25, 0.3) is 0 Å². The molecule has 0 saturated heterocycles. The van der Waals surface area contributed by atoms with Crippen molar-refractivity contribution in [1.29, 1.82) is 0 Å². The van der Waals surface area contributed by atoms with Gasteiger partial charge >= 0.3 is 0 Å². The van der Waals surface area contributed by atoms with Crippen LogP contribution in [0.3, 0.4) is 0 Å². The number of fused-ring (bicyclic) bond motifs is 1. The predicted molar refractivity (Wildman–Crippen MR) is 123 cm³/mol. The Labute approximate surface area is 187 Å². The van der Waals surface area contributed by atoms with Crippen LogP contribution in [0.4, 0.5) is 11.4 Å². The molecule has 0 radical (unpaired) electrons. The van der Waals surface area contributed by atoms with Crippen molar-refractivity contribution in [1.82, 2.24) is 0 Å². The quantitative estimate of drug-likeness (QED) is 0.570. The molecule has 0 saturated carbocycles. The van der Waals surface area contributed by atoms with Gasteiger partial charge in [-0.25, -0.2) is 16.8 Å². The number of nitrogens with zero attached hydrogens (tertiary/aromatic N) is 1. The van der Waals surface area contributed by atoms with Crippen LogP contribution >= 0.6 is 11.6 Å². The lowest BCUT2D eigenvalue weighted by molar-refractivity contribution is 0.586. The van der Waals surface area contributed by atoms with Crippen LogP contribution in [0.1, 0.15) is 17.5 Å². The minimum atomic E-state index is -3.69. The average Bonchev–Trinajstić information content (AvgIpc) is 2.73. The van der Waals surface area contributed by atoms with Crippen molar-refractivity contribution >= 4 is 43.0 Å². The maximum Gasteiger partial charge on any atom is 0.264 e. The predicted octanol–water partition coefficient (Wildman–Crippen LogP) is 4.42. The minimum Gasteiger partial charge on any atom is -0.283 e. The van der Waals surface area contributed by atoms with Gasteiger partial charge in [-0.15, -0.1) is 0 Å². The zero-order valence-electron chi connectivity index (χ0n) is 16.5. The Bertz CT molecular complexity index is 1310. The molecule has 0 aromatic heterocycles. The van der Waals surface area contributed by atoms with E-state index in [2.05, 4.69) is 4.72 Å². The van der Waals surface area contributed by atoms with E-state index < -0.39 is 20.0 Å². The normalized spacial score (nSPS) is 14.2. The molecule has 1 aliphatic rings. The molecule has 6 nitrogen and oxygen atoms in total. The molecule has 0 bridgehead atoms. The van der Waals surface area contributed by atoms with Crippen LogP contribution in [0.15, 0.2) is 77.7 Å². The Hall–Kier alpha value is -2.55. The summed E-state index contributed by atoms with van der Waals surface area (Å²) in [4.78, 5) is 0.231. The van der Waals surface area contributed by atoms with Crippen LogP contribution in [0.2, 0.25) is 5.02 Å². The van der Waals surface area contributed by atoms with Gasteiger partial charge in [-0.05, 0) is 66.4 Å². The number of sulfonamides is 2. The fourth-order valence-corrected chi connectivity index (χ4v) is 6.61. The van der Waals surface area contributed by atoms with Crippen molar-refractivity contribution < 1.29 is 16.8 Å². The third-order valence-electron chi connectivity index (χ3n) is 5.01. The number of hydrogen-bond acceptors (Lipinski definition) is 4. The smallest absolute Gasteiger partial charge is 0.264 e. The molecule has 3 aromatic rings. The van der Waals surface area contributed by atoms with E-state index in [-0.39, 0.29) is 10.6 Å². The van der Waals surface area contributed by atoms with Crippen LogP contribution in [0.5, 0.6) is 0 Å². The molecule has 9 heteroatoms. The van der Waals surface area contributed by atoms with Crippen LogP contribution in [0, 0.1) is 0 Å². The first-order valence-corrected chi connectivity index (χ1v) is 13.2. The Morgan fingerprint density at radius 1 is 0.903 bits per heavy atom. The summed E-state index contributed by atoms with van der Waals surface area (Å²) in [6, 6.07) is 19.9. The van der Waals surface area contributed by atoms with E-state index in [0.717, 1.165) is 5.56 Å². The summed E-state index contributed by atoms with van der Waals surface area (Å²) >= 11 is 5.94. The molecular weight excluding hydrogens is 456 g/mol. The first kappa shape index (κ1) is 21.7. The van der Waals surface area contributed by atoms with Gasteiger partial charge in [-0.1, -0.05) is 41.9 Å². The van der Waals surface area contributed by atoms with E-state index in [1.54, 1.807) is 72.8 Å². The Morgan fingerprint density at radius 2 is 1.68 bits per heavy atom. The molecule has 31 heavy (non-hydrogen) atoms. The number of aryl methyl sites for hydroxylation is 1. The largest absolute Gasteiger partial charge is 0.283 e. The number of nitrogens with one attached hydrogen (secondary N) is 1. The summed E-state index contributed by atoms with van der Waals surface area (Å²) in [5, 5.41) is 0.473. The summed E-state index contributed by atoms with van der Waals surface area (Å²) < 4.78 is 55.4. The second-order valence-electron chi connectivity index (χ2n) is 7.33. The van der Waals surface area contributed by atoms with E-state index in [1.165, 1.54) is 4.31 Å². The summed E-state index contributed by atoms with van der Waals surface area (Å²) in [5.41, 5.74) is 2.35. The lowest BCUT2D eigenvalue weighted by Gasteiger charge is -2.31. The van der Waals surface area contributed by atoms with Crippen LogP contribution < -0.4 is 9.03 Å². The topological polar surface area (TPSA) is 83.6 Å². The van der Waals surface area contributed by atoms with E-state index >= 15 is 0 Å². The Kier molecular flexibility index (Phi) is 5.96. The highest BCUT2D eigenvalue weighted by molar-refractivity contribution is 7.93. The molecule has 1 heterocycles. The third-order valence-corrected chi connectivity index (χ3v) is 8.33. The van der Waals surface area contributed by atoms with Crippen molar-refractivity contribution in [2.45, 2.75) is 23.5 Å². The van der Waals surface area contributed by atoms with Crippen molar-refractivity contribution in [3.05, 3.63) is 88.9 Å². The first-order valence-electron chi connectivity index (χ1n) is 9.70. The molecular formula is C22H21ClN2O4S2. The maximum absolute atomic E-state index is 13.1. The molecule has 0 fully saturated rings. The van der Waals surface area contributed by atoms with Gasteiger partial charge in [0.05, 0.1) is 16.3 Å². The zero-order valence-corrected chi connectivity index (χ0v) is 18.9. The fraction of sp³-hybridized carbons (Fsp3) is 0.182. The van der Waals surface area contributed by atoms with Gasteiger partial charge in [-0.3, -0.25) is 9.03 Å². The second kappa shape index (κ2) is 8.53. The fourth-order valence-electron chi connectivity index (χ4n) is 3.66. The molecule has 1 N–H and O–H groups in total. The zero-order chi connectivity index (χ0) is 22.1. The summed E-state index contributed by atoms with van der Waals surface area (Å²) in [6.45, 7) is 0.379. The second-order valence-corrected chi connectivity index (χ2v) is 11.3. The Morgan fingerprint density at radius 3 is 2.42 bits per heavy atom. The molecule has 0 amide bonds. The van der Waals surface area contributed by atoms with E-state index in [4.69, 9.17) is 11.6 Å². The molecule has 162 valence electrons. The highest BCUT2D eigenvalue weighted by atomic mass is 35.5. The van der Waals surface area contributed by atoms with E-state index in [0.29, 0.717) is 41.3 Å². The highest BCUT2D eigenvalue weighted by Gasteiger charge is 2.29. The van der Waals surface area contributed by atoms with Crippen molar-refractivity contribution in [3.8, 4) is 0 Å². The number of anilines is 2. The van der Waals surface area contributed by atoms with Crippen LogP contribution in [-0.2, 0) is 32.2 Å². The maximum atomic E-state index is 13.1. The molecule has 0 spiro atoms. The monoisotopic (exact) mass is 476 g/mol. The van der Waals surface area contributed by atoms with Crippen molar-refractivity contribution in [2.75, 3.05) is 15.6 Å². The third kappa shape index (κ3) is 4.87. The molecule has 3 aromatic carbocycles. The standard InChI is InChI=1S/C22H21ClN2O4S2/c23-19-8-4-6-17(14-19)16-30(26,27)24-20-11-12-22-18(15-20)7-5-13-25(22)31(28,29)21-9-2-1-3-10-21/h1-4,6,8-12,14-15,24H,5,7,13,16H2. The number of rotatable bonds is 6. The van der Waals surface area contributed by atoms with Gasteiger partial charge < -0.3 is 0 Å². The van der Waals surface area contributed by atoms with Gasteiger partial charge in [0.25, 0.3) is 10.0 Å². The molecule has 1 aliphatic heterocycles. The van der Waals surface area contributed by atoms with E-state index in [1.807, 2.05) is 0 Å². The van der Waals surface area contributed by atoms with Gasteiger partial charge in [0.2, 0.25) is 10.0 Å². The molecule has 0 atom stereocenters. The lowest BCUT2D eigenvalue weighted by Crippen LogP contribution is -2.35. The Balaban J connectivity index is 1.59. The van der Waals surface area contributed by atoms with E-state index in [9.17, 15) is 16.8 Å². The van der Waals surface area contributed by atoms with Gasteiger partial charge in [0.1, 0.15) is 0 Å². The van der Waals surface area contributed by atoms with Gasteiger partial charge in [0, 0.05) is 17.3 Å². The van der Waals surface area contributed by atoms with Gasteiger partial charge in [0.15, 0.2) is 0 Å². The number of hydrogen-bond donors (Lipinski definition) is 1.